The minimum absolute atomic E-state index is 0.0691. The third kappa shape index (κ3) is 7.61. The molecule has 1 fully saturated rings. The standard InChI is InChI=1S/C30H38N8O2S2/c1-3-9-22-13-15-26(16-14-22)42(39,40)33-20-25-12-8-18-38(25)30-36-28(31-17-4-2)35-29(37-30)32-19-24-21-41-27(34-24)23-10-6-5-7-11-23/h5-7,10-11,13-16,21,25,33H,3-4,8-9,12,17-20H2,1-2H3,(H2,31,32,35,36,37)/t25-/m1/s1. The molecule has 12 heteroatoms. The quantitative estimate of drug-likeness (QED) is 0.175. The molecule has 1 saturated heterocycles. The second-order valence-corrected chi connectivity index (χ2v) is 12.9. The van der Waals surface area contributed by atoms with Crippen LogP contribution < -0.4 is 20.3 Å². The Morgan fingerprint density at radius 1 is 0.929 bits per heavy atom. The molecule has 3 N–H and O–H groups in total. The van der Waals surface area contributed by atoms with Crippen LogP contribution in [0.25, 0.3) is 10.6 Å². The van der Waals surface area contributed by atoms with Crippen LogP contribution in [-0.2, 0) is 23.0 Å². The molecule has 0 radical (unpaired) electrons. The molecule has 1 aliphatic heterocycles. The Morgan fingerprint density at radius 3 is 2.43 bits per heavy atom. The Hall–Kier alpha value is -3.61. The molecule has 42 heavy (non-hydrogen) atoms. The van der Waals surface area contributed by atoms with Gasteiger partial charge in [0, 0.05) is 36.6 Å². The van der Waals surface area contributed by atoms with Crippen molar-refractivity contribution in [3.8, 4) is 10.6 Å². The summed E-state index contributed by atoms with van der Waals surface area (Å²) in [6, 6.07) is 17.2. The van der Waals surface area contributed by atoms with Gasteiger partial charge in [-0.15, -0.1) is 11.3 Å². The number of hydrogen-bond donors (Lipinski definition) is 3. The van der Waals surface area contributed by atoms with Gasteiger partial charge >= 0.3 is 0 Å². The van der Waals surface area contributed by atoms with Gasteiger partial charge in [0.2, 0.25) is 27.9 Å². The fourth-order valence-corrected chi connectivity index (χ4v) is 6.78. The fourth-order valence-electron chi connectivity index (χ4n) is 4.88. The minimum Gasteiger partial charge on any atom is -0.354 e. The highest BCUT2D eigenvalue weighted by Crippen LogP contribution is 2.26. The van der Waals surface area contributed by atoms with Crippen molar-refractivity contribution in [2.75, 3.05) is 35.2 Å². The maximum absolute atomic E-state index is 13.0. The zero-order chi connectivity index (χ0) is 29.4. The number of thiazole rings is 1. The van der Waals surface area contributed by atoms with Crippen molar-refractivity contribution < 1.29 is 8.42 Å². The van der Waals surface area contributed by atoms with Gasteiger partial charge in [-0.25, -0.2) is 18.1 Å². The van der Waals surface area contributed by atoms with Gasteiger partial charge in [0.25, 0.3) is 0 Å². The number of hydrogen-bond acceptors (Lipinski definition) is 10. The third-order valence-corrected chi connectivity index (χ3v) is 9.45. The normalized spacial score (nSPS) is 15.2. The number of rotatable bonds is 14. The zero-order valence-corrected chi connectivity index (χ0v) is 25.7. The van der Waals surface area contributed by atoms with E-state index in [-0.39, 0.29) is 17.5 Å². The van der Waals surface area contributed by atoms with Crippen LogP contribution in [0.3, 0.4) is 0 Å². The highest BCUT2D eigenvalue weighted by molar-refractivity contribution is 7.89. The molecule has 0 aliphatic carbocycles. The highest BCUT2D eigenvalue weighted by Gasteiger charge is 2.29. The minimum atomic E-state index is -3.63. The Kier molecular flexibility index (Phi) is 9.98. The van der Waals surface area contributed by atoms with Gasteiger partial charge in [-0.1, -0.05) is 62.7 Å². The average Bonchev–Trinajstić information content (AvgIpc) is 3.69. The summed E-state index contributed by atoms with van der Waals surface area (Å²) in [5.74, 6) is 1.47. The Morgan fingerprint density at radius 2 is 1.69 bits per heavy atom. The number of nitrogens with zero attached hydrogens (tertiary/aromatic N) is 5. The molecule has 10 nitrogen and oxygen atoms in total. The van der Waals surface area contributed by atoms with E-state index >= 15 is 0 Å². The SMILES string of the molecule is CCCNc1nc(NCc2csc(-c3ccccc3)n2)nc(N2CCC[C@@H]2CNS(=O)(=O)c2ccc(CCC)cc2)n1. The van der Waals surface area contributed by atoms with Gasteiger partial charge in [-0.05, 0) is 43.4 Å². The van der Waals surface area contributed by atoms with E-state index in [1.54, 1.807) is 23.5 Å². The predicted molar refractivity (Wildman–Crippen MR) is 169 cm³/mol. The molecule has 1 atom stereocenters. The van der Waals surface area contributed by atoms with Crippen molar-refractivity contribution in [1.29, 1.82) is 0 Å². The molecule has 0 unspecified atom stereocenters. The number of sulfonamides is 1. The molecule has 0 spiro atoms. The summed E-state index contributed by atoms with van der Waals surface area (Å²) >= 11 is 1.60. The van der Waals surface area contributed by atoms with Gasteiger partial charge in [-0.3, -0.25) is 0 Å². The van der Waals surface area contributed by atoms with Gasteiger partial charge < -0.3 is 15.5 Å². The van der Waals surface area contributed by atoms with E-state index in [0.29, 0.717) is 24.4 Å². The number of benzene rings is 2. The van der Waals surface area contributed by atoms with Crippen LogP contribution in [0, 0.1) is 0 Å². The topological polar surface area (TPSA) is 125 Å². The van der Waals surface area contributed by atoms with E-state index in [4.69, 9.17) is 15.0 Å². The first-order valence-corrected chi connectivity index (χ1v) is 16.9. The first-order valence-electron chi connectivity index (χ1n) is 14.5. The van der Waals surface area contributed by atoms with Crippen LogP contribution in [0.4, 0.5) is 17.8 Å². The molecule has 222 valence electrons. The van der Waals surface area contributed by atoms with E-state index in [2.05, 4.69) is 51.2 Å². The van der Waals surface area contributed by atoms with Crippen LogP contribution in [0.5, 0.6) is 0 Å². The van der Waals surface area contributed by atoms with Crippen LogP contribution in [-0.4, -0.2) is 54.0 Å². The van der Waals surface area contributed by atoms with Crippen molar-refractivity contribution in [1.82, 2.24) is 24.7 Å². The molecule has 0 saturated carbocycles. The highest BCUT2D eigenvalue weighted by atomic mass is 32.2. The maximum atomic E-state index is 13.0. The van der Waals surface area contributed by atoms with Crippen molar-refractivity contribution in [3.63, 3.8) is 0 Å². The van der Waals surface area contributed by atoms with Crippen molar-refractivity contribution in [2.24, 2.45) is 0 Å². The molecule has 1 aliphatic rings. The molecule has 3 heterocycles. The largest absolute Gasteiger partial charge is 0.354 e. The predicted octanol–water partition coefficient (Wildman–Crippen LogP) is 5.33. The van der Waals surface area contributed by atoms with Gasteiger partial charge in [0.05, 0.1) is 17.1 Å². The molecular weight excluding hydrogens is 569 g/mol. The van der Waals surface area contributed by atoms with E-state index in [9.17, 15) is 8.42 Å². The van der Waals surface area contributed by atoms with Crippen LogP contribution in [0.1, 0.15) is 50.8 Å². The first-order chi connectivity index (χ1) is 20.4. The third-order valence-electron chi connectivity index (χ3n) is 7.07. The maximum Gasteiger partial charge on any atom is 0.240 e. The molecule has 0 amide bonds. The molecule has 2 aromatic heterocycles. The summed E-state index contributed by atoms with van der Waals surface area (Å²) in [6.07, 6.45) is 4.64. The molecule has 0 bridgehead atoms. The van der Waals surface area contributed by atoms with Gasteiger partial charge in [0.1, 0.15) is 5.01 Å². The average molecular weight is 607 g/mol. The van der Waals surface area contributed by atoms with Gasteiger partial charge in [-0.2, -0.15) is 15.0 Å². The molecular formula is C30H38N8O2S2. The Labute approximate surface area is 252 Å². The monoisotopic (exact) mass is 606 g/mol. The zero-order valence-electron chi connectivity index (χ0n) is 24.1. The summed E-state index contributed by atoms with van der Waals surface area (Å²) < 4.78 is 28.9. The molecule has 2 aromatic carbocycles. The van der Waals surface area contributed by atoms with Gasteiger partial charge in [0.15, 0.2) is 0 Å². The van der Waals surface area contributed by atoms with E-state index in [1.807, 2.05) is 35.7 Å². The molecule has 5 rings (SSSR count). The van der Waals surface area contributed by atoms with Crippen LogP contribution >= 0.6 is 11.3 Å². The summed E-state index contributed by atoms with van der Waals surface area (Å²) in [5.41, 5.74) is 3.13. The number of anilines is 3. The lowest BCUT2D eigenvalue weighted by atomic mass is 10.1. The second-order valence-electron chi connectivity index (χ2n) is 10.3. The fraction of sp³-hybridized carbons (Fsp3) is 0.400. The van der Waals surface area contributed by atoms with Crippen molar-refractivity contribution in [3.05, 3.63) is 71.2 Å². The molecule has 4 aromatic rings. The number of nitrogens with one attached hydrogen (secondary N) is 3. The number of aryl methyl sites for hydroxylation is 1. The Balaban J connectivity index is 1.28. The summed E-state index contributed by atoms with van der Waals surface area (Å²) in [4.78, 5) is 21.1. The summed E-state index contributed by atoms with van der Waals surface area (Å²) in [7, 11) is -3.63. The van der Waals surface area contributed by atoms with Crippen LogP contribution in [0.15, 0.2) is 64.9 Å². The van der Waals surface area contributed by atoms with E-state index in [1.165, 1.54) is 0 Å². The summed E-state index contributed by atoms with van der Waals surface area (Å²) in [6.45, 7) is 6.40. The number of aromatic nitrogens is 4. The lowest BCUT2D eigenvalue weighted by Crippen LogP contribution is -2.41. The van der Waals surface area contributed by atoms with Crippen molar-refractivity contribution in [2.45, 2.75) is 63.4 Å². The van der Waals surface area contributed by atoms with Crippen molar-refractivity contribution >= 4 is 39.2 Å². The lowest BCUT2D eigenvalue weighted by molar-refractivity contribution is 0.565. The summed E-state index contributed by atoms with van der Waals surface area (Å²) in [5, 5.41) is 9.59. The second kappa shape index (κ2) is 14.0. The lowest BCUT2D eigenvalue weighted by Gasteiger charge is -2.25. The van der Waals surface area contributed by atoms with E-state index in [0.717, 1.165) is 67.0 Å². The van der Waals surface area contributed by atoms with Crippen LogP contribution in [0.2, 0.25) is 0 Å². The van der Waals surface area contributed by atoms with E-state index < -0.39 is 10.0 Å². The Bertz CT molecular complexity index is 1550. The first kappa shape index (κ1) is 29.9. The smallest absolute Gasteiger partial charge is 0.240 e.